The predicted octanol–water partition coefficient (Wildman–Crippen LogP) is 1.66. The summed E-state index contributed by atoms with van der Waals surface area (Å²) < 4.78 is 22.7. The third-order valence-electron chi connectivity index (χ3n) is 3.61. The van der Waals surface area contributed by atoms with Crippen LogP contribution in [0.1, 0.15) is 37.4 Å². The van der Waals surface area contributed by atoms with Gasteiger partial charge in [0.2, 0.25) is 0 Å². The smallest absolute Gasteiger partial charge is 0.175 e. The fourth-order valence-electron chi connectivity index (χ4n) is 2.47. The van der Waals surface area contributed by atoms with E-state index in [0.29, 0.717) is 17.4 Å². The van der Waals surface area contributed by atoms with Gasteiger partial charge in [-0.05, 0) is 43.5 Å². The summed E-state index contributed by atoms with van der Waals surface area (Å²) in [6, 6.07) is 6.87. The Kier molecular flexibility index (Phi) is 4.60. The average Bonchev–Trinajstić information content (AvgIpc) is 2.39. The molecule has 0 aliphatic carbocycles. The second-order valence-corrected chi connectivity index (χ2v) is 7.26. The summed E-state index contributed by atoms with van der Waals surface area (Å²) >= 11 is 0. The summed E-state index contributed by atoms with van der Waals surface area (Å²) in [5, 5.41) is 13.6. The minimum Gasteiger partial charge on any atom is -0.388 e. The van der Waals surface area contributed by atoms with Crippen molar-refractivity contribution in [3.05, 3.63) is 29.8 Å². The van der Waals surface area contributed by atoms with Gasteiger partial charge in [0.25, 0.3) is 0 Å². The van der Waals surface area contributed by atoms with Crippen LogP contribution in [0, 0.1) is 0 Å². The molecular formula is C14H21NO3S. The highest BCUT2D eigenvalue weighted by Crippen LogP contribution is 2.23. The van der Waals surface area contributed by atoms with Gasteiger partial charge in [-0.1, -0.05) is 18.6 Å². The molecule has 2 atom stereocenters. The van der Waals surface area contributed by atoms with Gasteiger partial charge in [0.1, 0.15) is 0 Å². The normalized spacial score (nSPS) is 22.1. The molecule has 0 aromatic heterocycles. The minimum atomic E-state index is -3.17. The zero-order valence-corrected chi connectivity index (χ0v) is 12.0. The molecule has 1 heterocycles. The Labute approximate surface area is 114 Å². The van der Waals surface area contributed by atoms with Crippen LogP contribution < -0.4 is 5.32 Å². The average molecular weight is 283 g/mol. The van der Waals surface area contributed by atoms with E-state index in [0.717, 1.165) is 18.5 Å². The fraction of sp³-hybridized carbons (Fsp3) is 0.571. The number of benzene rings is 1. The lowest BCUT2D eigenvalue weighted by atomic mass is 9.96. The highest BCUT2D eigenvalue weighted by atomic mass is 32.2. The molecular weight excluding hydrogens is 262 g/mol. The number of piperidine rings is 1. The minimum absolute atomic E-state index is 0.291. The molecule has 19 heavy (non-hydrogen) atoms. The summed E-state index contributed by atoms with van der Waals surface area (Å²) in [6.45, 7) is 1.02. The predicted molar refractivity (Wildman–Crippen MR) is 74.8 cm³/mol. The van der Waals surface area contributed by atoms with Crippen molar-refractivity contribution in [3.63, 3.8) is 0 Å². The molecule has 1 saturated heterocycles. The molecule has 1 aromatic rings. The first-order valence-electron chi connectivity index (χ1n) is 6.68. The molecule has 0 amide bonds. The van der Waals surface area contributed by atoms with Gasteiger partial charge in [0.05, 0.1) is 11.0 Å². The van der Waals surface area contributed by atoms with Gasteiger partial charge in [-0.2, -0.15) is 0 Å². The van der Waals surface area contributed by atoms with Crippen LogP contribution >= 0.6 is 0 Å². The van der Waals surface area contributed by atoms with E-state index < -0.39 is 15.9 Å². The molecule has 0 bridgehead atoms. The van der Waals surface area contributed by atoms with E-state index in [1.165, 1.54) is 19.1 Å². The lowest BCUT2D eigenvalue weighted by Crippen LogP contribution is -2.35. The standard InChI is InChI=1S/C14H21NO3S/c1-19(17,18)13-7-5-11(6-8-13)14(16)10-12-4-2-3-9-15-12/h5-8,12,14-16H,2-4,9-10H2,1H3. The van der Waals surface area contributed by atoms with E-state index in [1.807, 2.05) is 0 Å². The Morgan fingerprint density at radius 3 is 2.53 bits per heavy atom. The topological polar surface area (TPSA) is 66.4 Å². The van der Waals surface area contributed by atoms with Gasteiger partial charge >= 0.3 is 0 Å². The monoisotopic (exact) mass is 283 g/mol. The van der Waals surface area contributed by atoms with Gasteiger partial charge in [0.15, 0.2) is 9.84 Å². The van der Waals surface area contributed by atoms with Crippen molar-refractivity contribution in [2.75, 3.05) is 12.8 Å². The summed E-state index contributed by atoms with van der Waals surface area (Å²) in [6.07, 6.45) is 4.83. The highest BCUT2D eigenvalue weighted by molar-refractivity contribution is 7.90. The van der Waals surface area contributed by atoms with Gasteiger partial charge in [-0.25, -0.2) is 8.42 Å². The lowest BCUT2D eigenvalue weighted by Gasteiger charge is -2.25. The van der Waals surface area contributed by atoms with Crippen molar-refractivity contribution in [2.45, 2.75) is 42.7 Å². The molecule has 0 radical (unpaired) electrons. The number of sulfone groups is 1. The molecule has 1 fully saturated rings. The first-order valence-corrected chi connectivity index (χ1v) is 8.57. The Morgan fingerprint density at radius 2 is 2.00 bits per heavy atom. The van der Waals surface area contributed by atoms with E-state index in [2.05, 4.69) is 5.32 Å². The number of aliphatic hydroxyl groups is 1. The van der Waals surface area contributed by atoms with Gasteiger partial charge in [-0.3, -0.25) is 0 Å². The van der Waals surface area contributed by atoms with Crippen LogP contribution in [0.25, 0.3) is 0 Å². The van der Waals surface area contributed by atoms with Gasteiger partial charge in [-0.15, -0.1) is 0 Å². The van der Waals surface area contributed by atoms with Crippen LogP contribution in [0.4, 0.5) is 0 Å². The van der Waals surface area contributed by atoms with Crippen LogP contribution in [-0.2, 0) is 9.84 Å². The molecule has 0 spiro atoms. The maximum atomic E-state index is 11.4. The van der Waals surface area contributed by atoms with E-state index in [-0.39, 0.29) is 0 Å². The molecule has 4 nitrogen and oxygen atoms in total. The molecule has 1 aliphatic heterocycles. The second-order valence-electron chi connectivity index (χ2n) is 5.24. The SMILES string of the molecule is CS(=O)(=O)c1ccc(C(O)CC2CCCCN2)cc1. The number of aliphatic hydroxyl groups excluding tert-OH is 1. The van der Waals surface area contributed by atoms with Crippen LogP contribution in [0.2, 0.25) is 0 Å². The van der Waals surface area contributed by atoms with Crippen molar-refractivity contribution in [3.8, 4) is 0 Å². The molecule has 5 heteroatoms. The van der Waals surface area contributed by atoms with Crippen molar-refractivity contribution >= 4 is 9.84 Å². The first kappa shape index (κ1) is 14.5. The van der Waals surface area contributed by atoms with Crippen molar-refractivity contribution in [1.29, 1.82) is 0 Å². The second kappa shape index (κ2) is 6.03. The Balaban J connectivity index is 2.01. The Morgan fingerprint density at radius 1 is 1.32 bits per heavy atom. The largest absolute Gasteiger partial charge is 0.388 e. The molecule has 2 N–H and O–H groups in total. The molecule has 2 unspecified atom stereocenters. The summed E-state index contributed by atoms with van der Waals surface area (Å²) in [5.41, 5.74) is 0.778. The van der Waals surface area contributed by atoms with Crippen LogP contribution in [0.3, 0.4) is 0 Å². The van der Waals surface area contributed by atoms with E-state index in [1.54, 1.807) is 24.3 Å². The van der Waals surface area contributed by atoms with E-state index in [4.69, 9.17) is 0 Å². The molecule has 106 valence electrons. The number of hydrogen-bond acceptors (Lipinski definition) is 4. The highest BCUT2D eigenvalue weighted by Gasteiger charge is 2.18. The third-order valence-corrected chi connectivity index (χ3v) is 4.74. The zero-order valence-electron chi connectivity index (χ0n) is 11.2. The molecule has 0 saturated carbocycles. The summed E-state index contributed by atoms with van der Waals surface area (Å²) in [4.78, 5) is 0.291. The summed E-state index contributed by atoms with van der Waals surface area (Å²) in [5.74, 6) is 0. The maximum absolute atomic E-state index is 11.4. The van der Waals surface area contributed by atoms with Gasteiger partial charge < -0.3 is 10.4 Å². The number of rotatable bonds is 4. The quantitative estimate of drug-likeness (QED) is 0.882. The first-order chi connectivity index (χ1) is 8.97. The number of nitrogens with one attached hydrogen (secondary N) is 1. The summed E-state index contributed by atoms with van der Waals surface area (Å²) in [7, 11) is -3.17. The van der Waals surface area contributed by atoms with Crippen LogP contribution in [0.15, 0.2) is 29.2 Å². The Hall–Kier alpha value is -0.910. The molecule has 1 aliphatic rings. The van der Waals surface area contributed by atoms with Crippen LogP contribution in [0.5, 0.6) is 0 Å². The third kappa shape index (κ3) is 4.03. The van der Waals surface area contributed by atoms with E-state index >= 15 is 0 Å². The maximum Gasteiger partial charge on any atom is 0.175 e. The van der Waals surface area contributed by atoms with E-state index in [9.17, 15) is 13.5 Å². The molecule has 1 aromatic carbocycles. The lowest BCUT2D eigenvalue weighted by molar-refractivity contribution is 0.144. The molecule has 2 rings (SSSR count). The van der Waals surface area contributed by atoms with Crippen molar-refractivity contribution < 1.29 is 13.5 Å². The van der Waals surface area contributed by atoms with Crippen LogP contribution in [-0.4, -0.2) is 32.4 Å². The van der Waals surface area contributed by atoms with Crippen molar-refractivity contribution in [1.82, 2.24) is 5.32 Å². The van der Waals surface area contributed by atoms with Crippen molar-refractivity contribution in [2.24, 2.45) is 0 Å². The number of hydrogen-bond donors (Lipinski definition) is 2. The van der Waals surface area contributed by atoms with Gasteiger partial charge in [0, 0.05) is 12.3 Å². The zero-order chi connectivity index (χ0) is 13.9. The Bertz CT molecular complexity index is 504. The fourth-order valence-corrected chi connectivity index (χ4v) is 3.10.